The van der Waals surface area contributed by atoms with Gasteiger partial charge < -0.3 is 14.4 Å². The number of aliphatic hydroxyl groups excluding tert-OH is 1. The van der Waals surface area contributed by atoms with E-state index in [1.807, 2.05) is 113 Å². The van der Waals surface area contributed by atoms with Crippen LogP contribution in [0.25, 0.3) is 22.5 Å². The fourth-order valence-electron chi connectivity index (χ4n) is 7.27. The molecule has 1 atom stereocenters. The van der Waals surface area contributed by atoms with Gasteiger partial charge in [-0.1, -0.05) is 146 Å². The highest BCUT2D eigenvalue weighted by atomic mass is 16.5. The van der Waals surface area contributed by atoms with Crippen LogP contribution >= 0.6 is 0 Å². The smallest absolute Gasteiger partial charge is 0.359 e. The van der Waals surface area contributed by atoms with Crippen molar-refractivity contribution in [1.29, 1.82) is 0 Å². The summed E-state index contributed by atoms with van der Waals surface area (Å²) in [6.07, 6.45) is 0.736. The summed E-state index contributed by atoms with van der Waals surface area (Å²) < 4.78 is 9.60. The van der Waals surface area contributed by atoms with Crippen molar-refractivity contribution in [2.24, 2.45) is 0 Å². The van der Waals surface area contributed by atoms with Crippen molar-refractivity contribution in [3.63, 3.8) is 0 Å². The molecular formula is C44H42N6O3. The third-order valence-corrected chi connectivity index (χ3v) is 9.63. The normalized spacial score (nSPS) is 12.1. The van der Waals surface area contributed by atoms with E-state index < -0.39 is 17.6 Å². The standard InChI is InChI=1S/C44H42N6O3/c1-4-17-39-45-40(41(31(3)51)49(39)5-2)43(52)53-30-32-26-28-33(29-27-32)37-24-15-16-25-38(37)42-46-47-48-50(42)44(34-18-9-6-10-19-34,35-20-11-7-12-21-35)36-22-13-8-14-23-36/h6-16,18-29,31,51H,4-5,17,30H2,1-3H3. The second-order valence-electron chi connectivity index (χ2n) is 13.0. The summed E-state index contributed by atoms with van der Waals surface area (Å²) >= 11 is 0. The van der Waals surface area contributed by atoms with Crippen LogP contribution in [0.4, 0.5) is 0 Å². The van der Waals surface area contributed by atoms with Crippen molar-refractivity contribution in [2.75, 3.05) is 0 Å². The summed E-state index contributed by atoms with van der Waals surface area (Å²) in [5.74, 6) is 0.837. The van der Waals surface area contributed by atoms with Crippen LogP contribution in [0.1, 0.15) is 77.6 Å². The molecule has 0 aliphatic carbocycles. The topological polar surface area (TPSA) is 108 Å². The molecule has 0 aliphatic heterocycles. The SMILES string of the molecule is CCCc1nc(C(=O)OCc2ccc(-c3ccccc3-c3nnnn3C(c3ccccc3)(c3ccccc3)c3ccccc3)cc2)c(C(C)O)n1CC. The molecule has 0 aliphatic rings. The minimum absolute atomic E-state index is 0.0636. The summed E-state index contributed by atoms with van der Waals surface area (Å²) in [5.41, 5.74) is 6.43. The summed E-state index contributed by atoms with van der Waals surface area (Å²) in [4.78, 5) is 17.9. The highest BCUT2D eigenvalue weighted by Gasteiger charge is 2.42. The lowest BCUT2D eigenvalue weighted by molar-refractivity contribution is 0.0458. The van der Waals surface area contributed by atoms with Crippen LogP contribution in [0, 0.1) is 0 Å². The molecule has 1 N–H and O–H groups in total. The number of rotatable bonds is 13. The first-order valence-electron chi connectivity index (χ1n) is 18.1. The van der Waals surface area contributed by atoms with Gasteiger partial charge in [-0.05, 0) is 64.1 Å². The number of aryl methyl sites for hydroxylation is 1. The zero-order valence-corrected chi connectivity index (χ0v) is 30.1. The Hall–Kier alpha value is -6.19. The van der Waals surface area contributed by atoms with Crippen molar-refractivity contribution in [3.05, 3.63) is 179 Å². The van der Waals surface area contributed by atoms with Gasteiger partial charge in [0.05, 0.1) is 11.8 Å². The Kier molecular flexibility index (Phi) is 10.4. The molecule has 0 fully saturated rings. The Morgan fingerprint density at radius 3 is 1.83 bits per heavy atom. The monoisotopic (exact) mass is 702 g/mol. The molecule has 0 spiro atoms. The molecule has 9 heteroatoms. The number of imidazole rings is 1. The van der Waals surface area contributed by atoms with Crippen LogP contribution < -0.4 is 0 Å². The third kappa shape index (κ3) is 6.67. The second-order valence-corrected chi connectivity index (χ2v) is 13.0. The first-order valence-corrected chi connectivity index (χ1v) is 18.1. The van der Waals surface area contributed by atoms with Gasteiger partial charge in [-0.25, -0.2) is 14.5 Å². The van der Waals surface area contributed by atoms with E-state index in [2.05, 4.69) is 64.7 Å². The minimum atomic E-state index is -0.887. The van der Waals surface area contributed by atoms with Gasteiger partial charge in [-0.15, -0.1) is 5.10 Å². The Balaban J connectivity index is 1.24. The molecule has 53 heavy (non-hydrogen) atoms. The molecule has 2 heterocycles. The Morgan fingerprint density at radius 2 is 1.30 bits per heavy atom. The van der Waals surface area contributed by atoms with Crippen LogP contribution in [0.3, 0.4) is 0 Å². The lowest BCUT2D eigenvalue weighted by Gasteiger charge is -2.36. The molecule has 0 saturated carbocycles. The second kappa shape index (κ2) is 15.6. The van der Waals surface area contributed by atoms with E-state index in [0.29, 0.717) is 24.5 Å². The number of hydrogen-bond acceptors (Lipinski definition) is 7. The van der Waals surface area contributed by atoms with Gasteiger partial charge in [0, 0.05) is 18.5 Å². The number of ether oxygens (including phenoxy) is 1. The number of aliphatic hydroxyl groups is 1. The number of hydrogen-bond donors (Lipinski definition) is 1. The summed E-state index contributed by atoms with van der Waals surface area (Å²) in [6.45, 7) is 6.36. The van der Waals surface area contributed by atoms with Gasteiger partial charge in [0.2, 0.25) is 0 Å². The number of esters is 1. The minimum Gasteiger partial charge on any atom is -0.456 e. The van der Waals surface area contributed by atoms with Crippen LogP contribution in [-0.2, 0) is 29.8 Å². The van der Waals surface area contributed by atoms with E-state index in [1.54, 1.807) is 6.92 Å². The highest BCUT2D eigenvalue weighted by Crippen LogP contribution is 2.43. The van der Waals surface area contributed by atoms with Crippen molar-refractivity contribution in [3.8, 4) is 22.5 Å². The van der Waals surface area contributed by atoms with E-state index in [0.717, 1.165) is 51.2 Å². The number of nitrogens with zero attached hydrogens (tertiary/aromatic N) is 6. The highest BCUT2D eigenvalue weighted by molar-refractivity contribution is 5.89. The molecule has 9 nitrogen and oxygen atoms in total. The fourth-order valence-corrected chi connectivity index (χ4v) is 7.27. The summed E-state index contributed by atoms with van der Waals surface area (Å²) in [6, 6.07) is 47.0. The molecule has 266 valence electrons. The molecule has 2 aromatic heterocycles. The van der Waals surface area contributed by atoms with Crippen molar-refractivity contribution in [2.45, 2.75) is 58.4 Å². The van der Waals surface area contributed by atoms with E-state index in [1.165, 1.54) is 0 Å². The fraction of sp³-hybridized carbons (Fsp3) is 0.205. The number of aromatic nitrogens is 6. The largest absolute Gasteiger partial charge is 0.456 e. The zero-order chi connectivity index (χ0) is 36.8. The van der Waals surface area contributed by atoms with Crippen LogP contribution in [-0.4, -0.2) is 40.8 Å². The number of benzene rings is 5. The lowest BCUT2D eigenvalue weighted by atomic mass is 9.77. The van der Waals surface area contributed by atoms with E-state index in [-0.39, 0.29) is 12.3 Å². The first-order chi connectivity index (χ1) is 26.0. The average Bonchev–Trinajstić information content (AvgIpc) is 3.85. The van der Waals surface area contributed by atoms with Gasteiger partial charge in [0.1, 0.15) is 18.0 Å². The average molecular weight is 703 g/mol. The Labute approximate surface area is 309 Å². The van der Waals surface area contributed by atoms with Gasteiger partial charge in [-0.2, -0.15) is 0 Å². The lowest BCUT2D eigenvalue weighted by Crippen LogP contribution is -2.39. The molecule has 0 bridgehead atoms. The Bertz CT molecular complexity index is 2180. The quantitative estimate of drug-likeness (QED) is 0.0950. The van der Waals surface area contributed by atoms with E-state index in [4.69, 9.17) is 9.95 Å². The van der Waals surface area contributed by atoms with E-state index in [9.17, 15) is 9.90 Å². The molecule has 5 aromatic carbocycles. The Morgan fingerprint density at radius 1 is 0.755 bits per heavy atom. The van der Waals surface area contributed by atoms with Crippen molar-refractivity contribution in [1.82, 2.24) is 29.8 Å². The van der Waals surface area contributed by atoms with Crippen molar-refractivity contribution < 1.29 is 14.6 Å². The molecule has 0 radical (unpaired) electrons. The van der Waals surface area contributed by atoms with Gasteiger partial charge in [-0.3, -0.25) is 0 Å². The summed E-state index contributed by atoms with van der Waals surface area (Å²) in [5, 5.41) is 24.2. The van der Waals surface area contributed by atoms with Crippen LogP contribution in [0.15, 0.2) is 140 Å². The number of carbonyl (C=O) groups is 1. The van der Waals surface area contributed by atoms with Crippen molar-refractivity contribution >= 4 is 5.97 Å². The molecule has 7 aromatic rings. The maximum absolute atomic E-state index is 13.3. The predicted molar refractivity (Wildman–Crippen MR) is 205 cm³/mol. The third-order valence-electron chi connectivity index (χ3n) is 9.63. The van der Waals surface area contributed by atoms with Gasteiger partial charge in [0.15, 0.2) is 11.5 Å². The molecule has 0 saturated heterocycles. The maximum Gasteiger partial charge on any atom is 0.359 e. The first kappa shape index (κ1) is 35.2. The maximum atomic E-state index is 13.3. The molecule has 0 amide bonds. The van der Waals surface area contributed by atoms with Gasteiger partial charge >= 0.3 is 5.97 Å². The van der Waals surface area contributed by atoms with E-state index >= 15 is 0 Å². The predicted octanol–water partition coefficient (Wildman–Crippen LogP) is 8.43. The number of tetrazole rings is 1. The van der Waals surface area contributed by atoms with Crippen LogP contribution in [0.5, 0.6) is 0 Å². The molecule has 1 unspecified atom stereocenters. The number of carbonyl (C=O) groups excluding carboxylic acids is 1. The molecular weight excluding hydrogens is 661 g/mol. The van der Waals surface area contributed by atoms with Gasteiger partial charge in [0.25, 0.3) is 0 Å². The summed E-state index contributed by atoms with van der Waals surface area (Å²) in [7, 11) is 0. The zero-order valence-electron chi connectivity index (χ0n) is 30.1. The molecule has 7 rings (SSSR count). The van der Waals surface area contributed by atoms with Crippen LogP contribution in [0.2, 0.25) is 0 Å².